The summed E-state index contributed by atoms with van der Waals surface area (Å²) in [5.74, 6) is -0.911. The molecular formula is C16H20N4O4. The Morgan fingerprint density at radius 1 is 1.17 bits per heavy atom. The zero-order valence-electron chi connectivity index (χ0n) is 13.4. The van der Waals surface area contributed by atoms with Gasteiger partial charge in [0.2, 0.25) is 0 Å². The van der Waals surface area contributed by atoms with Crippen molar-refractivity contribution in [2.24, 2.45) is 5.92 Å². The standard InChI is InChI=1S/C16H20N4O4/c1-9(2)7-12(15(22)19-20-16(23)24)18-14(21)13-8-10-5-3-4-6-11(10)17-13/h3-6,8-9,12,17,20H,7H2,1-2H3,(H,18,21)(H,19,22)(H,23,24). The van der Waals surface area contributed by atoms with Gasteiger partial charge in [0, 0.05) is 10.9 Å². The van der Waals surface area contributed by atoms with Crippen molar-refractivity contribution in [1.29, 1.82) is 0 Å². The molecule has 0 spiro atoms. The number of aromatic amines is 1. The van der Waals surface area contributed by atoms with E-state index >= 15 is 0 Å². The SMILES string of the molecule is CC(C)CC(NC(=O)c1cc2ccccc2[nH]1)C(=O)NNC(=O)O. The monoisotopic (exact) mass is 332 g/mol. The number of amides is 3. The van der Waals surface area contributed by atoms with E-state index in [2.05, 4.69) is 15.7 Å². The van der Waals surface area contributed by atoms with Gasteiger partial charge in [-0.05, 0) is 24.5 Å². The van der Waals surface area contributed by atoms with Gasteiger partial charge in [0.15, 0.2) is 0 Å². The fourth-order valence-electron chi connectivity index (χ4n) is 2.34. The van der Waals surface area contributed by atoms with E-state index in [1.165, 1.54) is 0 Å². The van der Waals surface area contributed by atoms with E-state index in [1.807, 2.05) is 38.1 Å². The Morgan fingerprint density at radius 3 is 2.50 bits per heavy atom. The van der Waals surface area contributed by atoms with Crippen LogP contribution in [0.4, 0.5) is 4.79 Å². The minimum Gasteiger partial charge on any atom is -0.464 e. The highest BCUT2D eigenvalue weighted by Gasteiger charge is 2.23. The molecule has 1 aromatic carbocycles. The number of H-pyrrole nitrogens is 1. The lowest BCUT2D eigenvalue weighted by atomic mass is 10.0. The van der Waals surface area contributed by atoms with Crippen molar-refractivity contribution in [2.45, 2.75) is 26.3 Å². The lowest BCUT2D eigenvalue weighted by molar-refractivity contribution is -0.124. The Kier molecular flexibility index (Phi) is 5.41. The average molecular weight is 332 g/mol. The fourth-order valence-corrected chi connectivity index (χ4v) is 2.34. The minimum atomic E-state index is -1.38. The maximum absolute atomic E-state index is 12.4. The fraction of sp³-hybridized carbons (Fsp3) is 0.312. The first-order valence-electron chi connectivity index (χ1n) is 7.54. The summed E-state index contributed by atoms with van der Waals surface area (Å²) in [5.41, 5.74) is 5.01. The summed E-state index contributed by atoms with van der Waals surface area (Å²) in [6.07, 6.45) is -1.01. The summed E-state index contributed by atoms with van der Waals surface area (Å²) in [6.45, 7) is 3.81. The largest absolute Gasteiger partial charge is 0.464 e. The normalized spacial score (nSPS) is 12.0. The van der Waals surface area contributed by atoms with Gasteiger partial charge >= 0.3 is 6.09 Å². The maximum Gasteiger partial charge on any atom is 0.423 e. The molecule has 1 atom stereocenters. The second-order valence-electron chi connectivity index (χ2n) is 5.85. The predicted octanol–water partition coefficient (Wildman–Crippen LogP) is 1.61. The molecule has 0 saturated heterocycles. The number of hydrazine groups is 1. The third-order valence-corrected chi connectivity index (χ3v) is 3.40. The number of hydrogen-bond donors (Lipinski definition) is 5. The van der Waals surface area contributed by atoms with Crippen LogP contribution in [0.2, 0.25) is 0 Å². The molecule has 0 aliphatic heterocycles. The molecule has 2 rings (SSSR count). The topological polar surface area (TPSA) is 123 Å². The molecule has 0 aliphatic rings. The molecule has 8 nitrogen and oxygen atoms in total. The van der Waals surface area contributed by atoms with Crippen LogP contribution in [0, 0.1) is 5.92 Å². The molecule has 2 aromatic rings. The van der Waals surface area contributed by atoms with Crippen LogP contribution in [0.3, 0.4) is 0 Å². The van der Waals surface area contributed by atoms with Gasteiger partial charge in [-0.3, -0.25) is 15.0 Å². The highest BCUT2D eigenvalue weighted by molar-refractivity contribution is 6.00. The minimum absolute atomic E-state index is 0.133. The van der Waals surface area contributed by atoms with Gasteiger partial charge in [0.1, 0.15) is 11.7 Å². The number of rotatable bonds is 5. The van der Waals surface area contributed by atoms with Crippen molar-refractivity contribution in [1.82, 2.24) is 21.2 Å². The summed E-state index contributed by atoms with van der Waals surface area (Å²) in [7, 11) is 0. The number of fused-ring (bicyclic) bond motifs is 1. The van der Waals surface area contributed by atoms with Crippen LogP contribution < -0.4 is 16.2 Å². The Labute approximate surface area is 138 Å². The van der Waals surface area contributed by atoms with Gasteiger partial charge in [-0.25, -0.2) is 10.2 Å². The molecule has 0 saturated carbocycles. The molecular weight excluding hydrogens is 312 g/mol. The van der Waals surface area contributed by atoms with E-state index in [0.717, 1.165) is 10.9 Å². The quantitative estimate of drug-likeness (QED) is 0.534. The number of aromatic nitrogens is 1. The zero-order chi connectivity index (χ0) is 17.7. The summed E-state index contributed by atoms with van der Waals surface area (Å²) >= 11 is 0. The Morgan fingerprint density at radius 2 is 1.88 bits per heavy atom. The Bertz CT molecular complexity index is 720. The lowest BCUT2D eigenvalue weighted by Crippen LogP contribution is -2.52. The van der Waals surface area contributed by atoms with E-state index in [9.17, 15) is 14.4 Å². The van der Waals surface area contributed by atoms with E-state index in [0.29, 0.717) is 12.1 Å². The molecule has 24 heavy (non-hydrogen) atoms. The molecule has 0 aliphatic carbocycles. The van der Waals surface area contributed by atoms with Gasteiger partial charge in [-0.2, -0.15) is 0 Å². The van der Waals surface area contributed by atoms with Crippen molar-refractivity contribution < 1.29 is 19.5 Å². The molecule has 1 aromatic heterocycles. The second kappa shape index (κ2) is 7.49. The average Bonchev–Trinajstić information content (AvgIpc) is 2.95. The number of benzene rings is 1. The third kappa shape index (κ3) is 4.48. The molecule has 1 heterocycles. The van der Waals surface area contributed by atoms with E-state index < -0.39 is 23.9 Å². The highest BCUT2D eigenvalue weighted by Crippen LogP contribution is 2.15. The molecule has 8 heteroatoms. The zero-order valence-corrected chi connectivity index (χ0v) is 13.4. The van der Waals surface area contributed by atoms with Crippen molar-refractivity contribution in [3.63, 3.8) is 0 Å². The van der Waals surface area contributed by atoms with E-state index in [-0.39, 0.29) is 5.92 Å². The van der Waals surface area contributed by atoms with Gasteiger partial charge in [0.05, 0.1) is 0 Å². The predicted molar refractivity (Wildman–Crippen MR) is 88.3 cm³/mol. The summed E-state index contributed by atoms with van der Waals surface area (Å²) < 4.78 is 0. The van der Waals surface area contributed by atoms with E-state index in [4.69, 9.17) is 5.11 Å². The number of carboxylic acid groups (broad SMARTS) is 1. The number of hydrogen-bond acceptors (Lipinski definition) is 3. The first kappa shape index (κ1) is 17.3. The van der Waals surface area contributed by atoms with Crippen molar-refractivity contribution >= 4 is 28.8 Å². The number of nitrogens with one attached hydrogen (secondary N) is 4. The molecule has 5 N–H and O–H groups in total. The van der Waals surface area contributed by atoms with Crippen molar-refractivity contribution in [3.05, 3.63) is 36.0 Å². The van der Waals surface area contributed by atoms with Crippen LogP contribution >= 0.6 is 0 Å². The first-order valence-corrected chi connectivity index (χ1v) is 7.54. The van der Waals surface area contributed by atoms with Crippen LogP contribution in [-0.2, 0) is 4.79 Å². The summed E-state index contributed by atoms with van der Waals surface area (Å²) in [6, 6.07) is 8.29. The van der Waals surface area contributed by atoms with Crippen molar-refractivity contribution in [2.75, 3.05) is 0 Å². The molecule has 3 amide bonds. The van der Waals surface area contributed by atoms with Gasteiger partial charge in [0.25, 0.3) is 11.8 Å². The number of carbonyl (C=O) groups excluding carboxylic acids is 2. The maximum atomic E-state index is 12.4. The summed E-state index contributed by atoms with van der Waals surface area (Å²) in [5, 5.41) is 12.1. The molecule has 128 valence electrons. The van der Waals surface area contributed by atoms with Crippen LogP contribution in [0.1, 0.15) is 30.8 Å². The van der Waals surface area contributed by atoms with Crippen LogP contribution in [0.5, 0.6) is 0 Å². The molecule has 1 unspecified atom stereocenters. The molecule has 0 fully saturated rings. The second-order valence-corrected chi connectivity index (χ2v) is 5.85. The molecule has 0 radical (unpaired) electrons. The third-order valence-electron chi connectivity index (χ3n) is 3.40. The Balaban J connectivity index is 2.10. The first-order chi connectivity index (χ1) is 11.4. The van der Waals surface area contributed by atoms with Gasteiger partial charge in [-0.1, -0.05) is 32.0 Å². The number of para-hydroxylation sites is 1. The van der Waals surface area contributed by atoms with Crippen LogP contribution in [0.25, 0.3) is 10.9 Å². The van der Waals surface area contributed by atoms with Gasteiger partial charge in [-0.15, -0.1) is 0 Å². The highest BCUT2D eigenvalue weighted by atomic mass is 16.4. The van der Waals surface area contributed by atoms with Crippen LogP contribution in [0.15, 0.2) is 30.3 Å². The number of carbonyl (C=O) groups is 3. The van der Waals surface area contributed by atoms with Crippen molar-refractivity contribution in [3.8, 4) is 0 Å². The summed E-state index contributed by atoms with van der Waals surface area (Å²) in [4.78, 5) is 37.9. The smallest absolute Gasteiger partial charge is 0.423 e. The van der Waals surface area contributed by atoms with Gasteiger partial charge < -0.3 is 15.4 Å². The lowest BCUT2D eigenvalue weighted by Gasteiger charge is -2.19. The Hall–Kier alpha value is -3.03. The van der Waals surface area contributed by atoms with Crippen LogP contribution in [-0.4, -0.2) is 34.0 Å². The molecule has 0 bridgehead atoms. The van der Waals surface area contributed by atoms with E-state index in [1.54, 1.807) is 11.5 Å².